The molecule has 4 rings (SSSR count). The molecule has 23 heavy (non-hydrogen) atoms. The maximum atomic E-state index is 11.4. The predicted octanol–water partition coefficient (Wildman–Crippen LogP) is 1.76. The fourth-order valence-electron chi connectivity index (χ4n) is 3.95. The van der Waals surface area contributed by atoms with Gasteiger partial charge in [0.1, 0.15) is 5.82 Å². The zero-order valence-electron chi connectivity index (χ0n) is 13.5. The molecule has 6 heteroatoms. The average Bonchev–Trinajstić information content (AvgIpc) is 3.21. The molecule has 1 amide bonds. The molecule has 1 unspecified atom stereocenters. The number of hydrogen-bond donors (Lipinski definition) is 1. The molecule has 0 bridgehead atoms. The van der Waals surface area contributed by atoms with Crippen molar-refractivity contribution >= 4 is 17.1 Å². The van der Waals surface area contributed by atoms with Gasteiger partial charge in [-0.1, -0.05) is 0 Å². The number of imidazole rings is 1. The Balaban J connectivity index is 1.40. The molecule has 0 radical (unpaired) electrons. The van der Waals surface area contributed by atoms with Crippen molar-refractivity contribution in [1.29, 1.82) is 0 Å². The molecule has 122 valence electrons. The van der Waals surface area contributed by atoms with Crippen molar-refractivity contribution in [2.75, 3.05) is 26.2 Å². The zero-order chi connectivity index (χ0) is 15.8. The maximum absolute atomic E-state index is 11.4. The van der Waals surface area contributed by atoms with E-state index in [1.165, 1.54) is 0 Å². The first-order valence-electron chi connectivity index (χ1n) is 8.51. The Bertz CT molecular complexity index is 671. The van der Waals surface area contributed by atoms with Gasteiger partial charge in [-0.15, -0.1) is 0 Å². The van der Waals surface area contributed by atoms with E-state index in [0.29, 0.717) is 12.0 Å². The Morgan fingerprint density at radius 2 is 2.09 bits per heavy atom. The lowest BCUT2D eigenvalue weighted by Crippen LogP contribution is -2.45. The summed E-state index contributed by atoms with van der Waals surface area (Å²) in [4.78, 5) is 28.4. The standard InChI is InChI=1S/C17H23N5O/c1-12(23)21-9-5-14(6-10-21)22-8-4-13(11-22)16-19-15-3-2-7-18-17(15)20-16/h2-3,7,13-14H,4-6,8-11H2,1H3,(H,18,19,20). The highest BCUT2D eigenvalue weighted by Crippen LogP contribution is 2.30. The maximum Gasteiger partial charge on any atom is 0.219 e. The van der Waals surface area contributed by atoms with E-state index in [4.69, 9.17) is 0 Å². The molecule has 0 aliphatic carbocycles. The number of piperidine rings is 1. The Hall–Kier alpha value is -1.95. The molecule has 2 fully saturated rings. The van der Waals surface area contributed by atoms with Crippen molar-refractivity contribution in [1.82, 2.24) is 24.8 Å². The van der Waals surface area contributed by atoms with Gasteiger partial charge >= 0.3 is 0 Å². The molecular formula is C17H23N5O. The van der Waals surface area contributed by atoms with E-state index in [0.717, 1.165) is 62.4 Å². The van der Waals surface area contributed by atoms with Gasteiger partial charge in [-0.05, 0) is 37.9 Å². The third kappa shape index (κ3) is 2.83. The highest BCUT2D eigenvalue weighted by atomic mass is 16.2. The largest absolute Gasteiger partial charge is 0.343 e. The van der Waals surface area contributed by atoms with Crippen LogP contribution in [0.5, 0.6) is 0 Å². The molecule has 1 atom stereocenters. The lowest BCUT2D eigenvalue weighted by atomic mass is 10.0. The third-order valence-electron chi connectivity index (χ3n) is 5.31. The van der Waals surface area contributed by atoms with Gasteiger partial charge in [-0.3, -0.25) is 9.69 Å². The number of nitrogens with zero attached hydrogens (tertiary/aromatic N) is 4. The van der Waals surface area contributed by atoms with E-state index in [-0.39, 0.29) is 5.91 Å². The number of carbonyl (C=O) groups excluding carboxylic acids is 1. The monoisotopic (exact) mass is 313 g/mol. The summed E-state index contributed by atoms with van der Waals surface area (Å²) in [5, 5.41) is 0. The molecular weight excluding hydrogens is 290 g/mol. The van der Waals surface area contributed by atoms with Gasteiger partial charge in [-0.2, -0.15) is 0 Å². The molecule has 0 saturated carbocycles. The number of amides is 1. The lowest BCUT2D eigenvalue weighted by molar-refractivity contribution is -0.130. The molecule has 2 aromatic heterocycles. The Labute approximate surface area is 135 Å². The fraction of sp³-hybridized carbons (Fsp3) is 0.588. The highest BCUT2D eigenvalue weighted by molar-refractivity contribution is 5.73. The van der Waals surface area contributed by atoms with Crippen LogP contribution in [-0.4, -0.2) is 62.9 Å². The number of aromatic amines is 1. The van der Waals surface area contributed by atoms with Gasteiger partial charge in [0.15, 0.2) is 5.65 Å². The van der Waals surface area contributed by atoms with Crippen LogP contribution < -0.4 is 0 Å². The lowest BCUT2D eigenvalue weighted by Gasteiger charge is -2.36. The smallest absolute Gasteiger partial charge is 0.219 e. The molecule has 1 N–H and O–H groups in total. The normalized spacial score (nSPS) is 23.7. The number of rotatable bonds is 2. The summed E-state index contributed by atoms with van der Waals surface area (Å²) in [6, 6.07) is 4.58. The van der Waals surface area contributed by atoms with Gasteiger partial charge in [0.2, 0.25) is 5.91 Å². The van der Waals surface area contributed by atoms with E-state index < -0.39 is 0 Å². The second-order valence-electron chi connectivity index (χ2n) is 6.71. The van der Waals surface area contributed by atoms with E-state index in [2.05, 4.69) is 19.9 Å². The number of H-pyrrole nitrogens is 1. The molecule has 0 spiro atoms. The van der Waals surface area contributed by atoms with Crippen molar-refractivity contribution in [2.45, 2.75) is 38.1 Å². The summed E-state index contributed by atoms with van der Waals surface area (Å²) < 4.78 is 0. The van der Waals surface area contributed by atoms with Gasteiger partial charge in [0.25, 0.3) is 0 Å². The summed E-state index contributed by atoms with van der Waals surface area (Å²) in [5.41, 5.74) is 1.84. The number of fused-ring (bicyclic) bond motifs is 1. The van der Waals surface area contributed by atoms with Crippen LogP contribution in [0.15, 0.2) is 18.3 Å². The molecule has 6 nitrogen and oxygen atoms in total. The zero-order valence-corrected chi connectivity index (χ0v) is 13.5. The Morgan fingerprint density at radius 1 is 1.26 bits per heavy atom. The van der Waals surface area contributed by atoms with E-state index >= 15 is 0 Å². The SMILES string of the molecule is CC(=O)N1CCC(N2CCC(c3nc4ncccc4[nH]3)C2)CC1. The van der Waals surface area contributed by atoms with Crippen LogP contribution in [0.1, 0.15) is 37.9 Å². The second-order valence-corrected chi connectivity index (χ2v) is 6.71. The van der Waals surface area contributed by atoms with Crippen LogP contribution in [0.4, 0.5) is 0 Å². The van der Waals surface area contributed by atoms with Crippen molar-refractivity contribution in [2.24, 2.45) is 0 Å². The van der Waals surface area contributed by atoms with Crippen LogP contribution in [0.3, 0.4) is 0 Å². The number of hydrogen-bond acceptors (Lipinski definition) is 4. The predicted molar refractivity (Wildman–Crippen MR) is 88.1 cm³/mol. The average molecular weight is 313 g/mol. The Kier molecular flexibility index (Phi) is 3.77. The van der Waals surface area contributed by atoms with Crippen LogP contribution in [0.2, 0.25) is 0 Å². The first-order chi connectivity index (χ1) is 11.2. The Morgan fingerprint density at radius 3 is 2.83 bits per heavy atom. The van der Waals surface area contributed by atoms with Gasteiger partial charge in [0, 0.05) is 44.7 Å². The van der Waals surface area contributed by atoms with Gasteiger partial charge in [0.05, 0.1) is 5.52 Å². The van der Waals surface area contributed by atoms with Crippen LogP contribution >= 0.6 is 0 Å². The molecule has 0 aromatic carbocycles. The number of carbonyl (C=O) groups is 1. The van der Waals surface area contributed by atoms with Crippen LogP contribution in [0.25, 0.3) is 11.2 Å². The highest BCUT2D eigenvalue weighted by Gasteiger charge is 2.33. The van der Waals surface area contributed by atoms with Gasteiger partial charge < -0.3 is 9.88 Å². The van der Waals surface area contributed by atoms with Crippen molar-refractivity contribution < 1.29 is 4.79 Å². The number of likely N-dealkylation sites (tertiary alicyclic amines) is 2. The number of aromatic nitrogens is 3. The fourth-order valence-corrected chi connectivity index (χ4v) is 3.95. The quantitative estimate of drug-likeness (QED) is 0.917. The minimum absolute atomic E-state index is 0.206. The van der Waals surface area contributed by atoms with Crippen LogP contribution in [0, 0.1) is 0 Å². The van der Waals surface area contributed by atoms with Crippen molar-refractivity contribution in [3.8, 4) is 0 Å². The molecule has 2 aromatic rings. The van der Waals surface area contributed by atoms with Crippen molar-refractivity contribution in [3.05, 3.63) is 24.2 Å². The summed E-state index contributed by atoms with van der Waals surface area (Å²) >= 11 is 0. The third-order valence-corrected chi connectivity index (χ3v) is 5.31. The summed E-state index contributed by atoms with van der Waals surface area (Å²) in [5.74, 6) is 1.75. The van der Waals surface area contributed by atoms with E-state index in [1.54, 1.807) is 13.1 Å². The van der Waals surface area contributed by atoms with Crippen LogP contribution in [-0.2, 0) is 4.79 Å². The van der Waals surface area contributed by atoms with Crippen molar-refractivity contribution in [3.63, 3.8) is 0 Å². The number of nitrogens with one attached hydrogen (secondary N) is 1. The summed E-state index contributed by atoms with van der Waals surface area (Å²) in [7, 11) is 0. The molecule has 2 aliphatic heterocycles. The number of pyridine rings is 1. The minimum Gasteiger partial charge on any atom is -0.343 e. The molecule has 2 aliphatic rings. The first-order valence-corrected chi connectivity index (χ1v) is 8.51. The second kappa shape index (κ2) is 5.92. The summed E-state index contributed by atoms with van der Waals surface area (Å²) in [6.45, 7) is 5.65. The molecule has 4 heterocycles. The van der Waals surface area contributed by atoms with E-state index in [1.807, 2.05) is 17.0 Å². The van der Waals surface area contributed by atoms with E-state index in [9.17, 15) is 4.79 Å². The minimum atomic E-state index is 0.206. The molecule has 2 saturated heterocycles. The topological polar surface area (TPSA) is 65.1 Å². The first kappa shape index (κ1) is 14.6. The summed E-state index contributed by atoms with van der Waals surface area (Å²) in [6.07, 6.45) is 5.12. The van der Waals surface area contributed by atoms with Gasteiger partial charge in [-0.25, -0.2) is 9.97 Å².